The van der Waals surface area contributed by atoms with Crippen molar-refractivity contribution in [1.29, 1.82) is 0 Å². The molecule has 3 nitrogen and oxygen atoms in total. The first-order valence-corrected chi connectivity index (χ1v) is 7.90. The molecule has 0 bridgehead atoms. The smallest absolute Gasteiger partial charge is 0.255 e. The number of nitrogens with one attached hydrogen (secondary N) is 1. The number of aromatic nitrogens is 1. The van der Waals surface area contributed by atoms with Gasteiger partial charge in [0.1, 0.15) is 0 Å². The van der Waals surface area contributed by atoms with Crippen LogP contribution in [0.2, 0.25) is 0 Å². The Labute approximate surface area is 128 Å². The van der Waals surface area contributed by atoms with E-state index in [-0.39, 0.29) is 11.9 Å². The number of aromatic amines is 1. The van der Waals surface area contributed by atoms with Crippen molar-refractivity contribution in [1.82, 2.24) is 9.88 Å². The molecule has 0 spiro atoms. The summed E-state index contributed by atoms with van der Waals surface area (Å²) >= 11 is 1.74. The van der Waals surface area contributed by atoms with Crippen molar-refractivity contribution in [3.8, 4) is 0 Å². The average molecular weight is 298 g/mol. The molecule has 0 fully saturated rings. The highest BCUT2D eigenvalue weighted by Gasteiger charge is 2.20. The van der Waals surface area contributed by atoms with Gasteiger partial charge in [-0.15, -0.1) is 11.3 Å². The maximum absolute atomic E-state index is 12.7. The summed E-state index contributed by atoms with van der Waals surface area (Å²) in [5.74, 6) is 0.0621. The number of benzene rings is 1. The van der Waals surface area contributed by atoms with Crippen LogP contribution in [0, 0.1) is 0 Å². The highest BCUT2D eigenvalue weighted by Crippen LogP contribution is 2.20. The lowest BCUT2D eigenvalue weighted by Gasteiger charge is -2.25. The second-order valence-corrected chi connectivity index (χ2v) is 6.33. The summed E-state index contributed by atoms with van der Waals surface area (Å²) in [4.78, 5) is 19.0. The molecule has 0 saturated heterocycles. The Hall–Kier alpha value is -2.07. The van der Waals surface area contributed by atoms with E-state index in [0.717, 1.165) is 22.9 Å². The first-order chi connectivity index (χ1) is 10.2. The lowest BCUT2D eigenvalue weighted by atomic mass is 10.1. The normalized spacial score (nSPS) is 12.5. The van der Waals surface area contributed by atoms with Crippen LogP contribution in [-0.4, -0.2) is 28.9 Å². The minimum Gasteiger partial charge on any atom is -0.361 e. The van der Waals surface area contributed by atoms with Gasteiger partial charge in [-0.1, -0.05) is 18.2 Å². The fourth-order valence-corrected chi connectivity index (χ4v) is 3.34. The summed E-state index contributed by atoms with van der Waals surface area (Å²) in [6, 6.07) is 12.1. The number of hydrogen-bond acceptors (Lipinski definition) is 2. The van der Waals surface area contributed by atoms with Crippen molar-refractivity contribution in [2.45, 2.75) is 19.4 Å². The van der Waals surface area contributed by atoms with Crippen LogP contribution in [0.5, 0.6) is 0 Å². The molecular formula is C17H18N2OS. The Morgan fingerprint density at radius 3 is 2.90 bits per heavy atom. The van der Waals surface area contributed by atoms with E-state index >= 15 is 0 Å². The lowest BCUT2D eigenvalue weighted by molar-refractivity contribution is 0.0746. The highest BCUT2D eigenvalue weighted by atomic mass is 32.1. The molecule has 0 aliphatic heterocycles. The van der Waals surface area contributed by atoms with Crippen LogP contribution < -0.4 is 0 Å². The molecule has 1 aromatic carbocycles. The second kappa shape index (κ2) is 5.74. The maximum atomic E-state index is 12.7. The molecule has 3 aromatic rings. The van der Waals surface area contributed by atoms with Crippen molar-refractivity contribution in [3.05, 3.63) is 58.4 Å². The number of rotatable bonds is 4. The predicted molar refractivity (Wildman–Crippen MR) is 87.9 cm³/mol. The molecule has 1 atom stereocenters. The number of para-hydroxylation sites is 1. The fourth-order valence-electron chi connectivity index (χ4n) is 2.51. The number of carbonyl (C=O) groups excluding carboxylic acids is 1. The summed E-state index contributed by atoms with van der Waals surface area (Å²) < 4.78 is 0. The van der Waals surface area contributed by atoms with Gasteiger partial charge in [0.2, 0.25) is 0 Å². The summed E-state index contributed by atoms with van der Waals surface area (Å²) in [5, 5.41) is 3.14. The molecule has 2 aromatic heterocycles. The summed E-state index contributed by atoms with van der Waals surface area (Å²) in [6.07, 6.45) is 2.76. The number of thiophene rings is 1. The first kappa shape index (κ1) is 13.9. The standard InChI is InChI=1S/C17H18N2OS/c1-12(11-14-6-4-10-21-14)19(2)17(20)15-7-3-5-13-8-9-18-16(13)15/h3-10,12,18H,11H2,1-2H3. The highest BCUT2D eigenvalue weighted by molar-refractivity contribution is 7.09. The number of H-pyrrole nitrogens is 1. The zero-order valence-electron chi connectivity index (χ0n) is 12.2. The predicted octanol–water partition coefficient (Wildman–Crippen LogP) is 3.93. The third-order valence-electron chi connectivity index (χ3n) is 3.88. The topological polar surface area (TPSA) is 36.1 Å². The number of hydrogen-bond donors (Lipinski definition) is 1. The number of nitrogens with zero attached hydrogens (tertiary/aromatic N) is 1. The Bertz CT molecular complexity index is 745. The van der Waals surface area contributed by atoms with E-state index in [1.54, 1.807) is 11.3 Å². The number of amides is 1. The van der Waals surface area contributed by atoms with Gasteiger partial charge in [-0.25, -0.2) is 0 Å². The first-order valence-electron chi connectivity index (χ1n) is 7.02. The summed E-state index contributed by atoms with van der Waals surface area (Å²) in [7, 11) is 1.88. The Morgan fingerprint density at radius 2 is 2.14 bits per heavy atom. The van der Waals surface area contributed by atoms with E-state index in [0.29, 0.717) is 0 Å². The minimum atomic E-state index is 0.0621. The van der Waals surface area contributed by atoms with Crippen LogP contribution in [0.15, 0.2) is 48.0 Å². The van der Waals surface area contributed by atoms with Crippen LogP contribution in [0.1, 0.15) is 22.2 Å². The van der Waals surface area contributed by atoms with Crippen LogP contribution in [0.4, 0.5) is 0 Å². The molecule has 4 heteroatoms. The van der Waals surface area contributed by atoms with Crippen LogP contribution in [0.25, 0.3) is 10.9 Å². The zero-order chi connectivity index (χ0) is 14.8. The average Bonchev–Trinajstić information content (AvgIpc) is 3.15. The van der Waals surface area contributed by atoms with Crippen molar-refractivity contribution in [3.63, 3.8) is 0 Å². The minimum absolute atomic E-state index is 0.0621. The number of likely N-dealkylation sites (N-methyl/N-ethyl adjacent to an activating group) is 1. The van der Waals surface area contributed by atoms with Crippen LogP contribution in [0.3, 0.4) is 0 Å². The van der Waals surface area contributed by atoms with Crippen LogP contribution >= 0.6 is 11.3 Å². The van der Waals surface area contributed by atoms with Crippen LogP contribution in [-0.2, 0) is 6.42 Å². The zero-order valence-corrected chi connectivity index (χ0v) is 13.0. The third-order valence-corrected chi connectivity index (χ3v) is 4.77. The van der Waals surface area contributed by atoms with Gasteiger partial charge in [-0.3, -0.25) is 4.79 Å². The summed E-state index contributed by atoms with van der Waals surface area (Å²) in [5.41, 5.74) is 1.65. The molecule has 108 valence electrons. The lowest BCUT2D eigenvalue weighted by Crippen LogP contribution is -2.36. The van der Waals surface area contributed by atoms with E-state index in [4.69, 9.17) is 0 Å². The van der Waals surface area contributed by atoms with E-state index in [2.05, 4.69) is 23.4 Å². The number of carbonyl (C=O) groups is 1. The monoisotopic (exact) mass is 298 g/mol. The molecule has 3 rings (SSSR count). The molecular weight excluding hydrogens is 280 g/mol. The molecule has 0 aliphatic rings. The van der Waals surface area contributed by atoms with Gasteiger partial charge >= 0.3 is 0 Å². The van der Waals surface area contributed by atoms with Crippen molar-refractivity contribution >= 4 is 28.1 Å². The van der Waals surface area contributed by atoms with E-state index in [1.807, 2.05) is 48.5 Å². The SMILES string of the molecule is CC(Cc1cccs1)N(C)C(=O)c1cccc2cc[nH]c12. The van der Waals surface area contributed by atoms with E-state index < -0.39 is 0 Å². The number of fused-ring (bicyclic) bond motifs is 1. The molecule has 0 aliphatic carbocycles. The molecule has 1 unspecified atom stereocenters. The molecule has 0 saturated carbocycles. The van der Waals surface area contributed by atoms with Gasteiger partial charge in [0.05, 0.1) is 11.1 Å². The van der Waals surface area contributed by atoms with Gasteiger partial charge in [0.25, 0.3) is 5.91 Å². The van der Waals surface area contributed by atoms with Gasteiger partial charge < -0.3 is 9.88 Å². The molecule has 2 heterocycles. The second-order valence-electron chi connectivity index (χ2n) is 5.30. The summed E-state index contributed by atoms with van der Waals surface area (Å²) in [6.45, 7) is 2.09. The molecule has 1 amide bonds. The molecule has 21 heavy (non-hydrogen) atoms. The largest absolute Gasteiger partial charge is 0.361 e. The van der Waals surface area contributed by atoms with Gasteiger partial charge in [-0.05, 0) is 30.5 Å². The maximum Gasteiger partial charge on any atom is 0.255 e. The Balaban J connectivity index is 1.82. The fraction of sp³-hybridized carbons (Fsp3) is 0.235. The van der Waals surface area contributed by atoms with Gasteiger partial charge in [-0.2, -0.15) is 0 Å². The third kappa shape index (κ3) is 2.72. The van der Waals surface area contributed by atoms with Gasteiger partial charge in [0, 0.05) is 36.0 Å². The van der Waals surface area contributed by atoms with E-state index in [9.17, 15) is 4.79 Å². The van der Waals surface area contributed by atoms with Crippen molar-refractivity contribution < 1.29 is 4.79 Å². The Morgan fingerprint density at radius 1 is 1.29 bits per heavy atom. The Kier molecular flexibility index (Phi) is 3.80. The molecule has 1 N–H and O–H groups in total. The quantitative estimate of drug-likeness (QED) is 0.778. The van der Waals surface area contributed by atoms with E-state index in [1.165, 1.54) is 4.88 Å². The van der Waals surface area contributed by atoms with Crippen molar-refractivity contribution in [2.24, 2.45) is 0 Å². The molecule has 0 radical (unpaired) electrons. The van der Waals surface area contributed by atoms with Crippen molar-refractivity contribution in [2.75, 3.05) is 7.05 Å². The van der Waals surface area contributed by atoms with Gasteiger partial charge in [0.15, 0.2) is 0 Å².